The normalized spacial score (nSPS) is 18.6. The van der Waals surface area contributed by atoms with E-state index in [1.54, 1.807) is 12.1 Å². The van der Waals surface area contributed by atoms with Crippen molar-refractivity contribution in [3.8, 4) is 0 Å². The van der Waals surface area contributed by atoms with Gasteiger partial charge in [0, 0.05) is 13.1 Å². The number of hydrogen-bond acceptors (Lipinski definition) is 5. The summed E-state index contributed by atoms with van der Waals surface area (Å²) in [5, 5.41) is 0. The van der Waals surface area contributed by atoms with E-state index >= 15 is 0 Å². The molecule has 0 radical (unpaired) electrons. The van der Waals surface area contributed by atoms with Crippen LogP contribution < -0.4 is 17.2 Å². The van der Waals surface area contributed by atoms with Crippen LogP contribution in [0.5, 0.6) is 0 Å². The molecule has 1 heterocycles. The number of Topliss-reactive ketones (excluding diaryl/α,β-unsaturated/α-hetero) is 1. The molecule has 0 saturated carbocycles. The zero-order valence-corrected chi connectivity index (χ0v) is 15.3. The second-order valence-electron chi connectivity index (χ2n) is 6.67. The van der Waals surface area contributed by atoms with Crippen molar-refractivity contribution in [2.75, 3.05) is 13.1 Å². The number of rotatable bonds is 9. The summed E-state index contributed by atoms with van der Waals surface area (Å²) in [6.45, 7) is 0.821. The molecule has 0 aromatic heterocycles. The highest BCUT2D eigenvalue weighted by Crippen LogP contribution is 2.25. The average molecular weight is 373 g/mol. The first-order chi connectivity index (χ1) is 13.0. The van der Waals surface area contributed by atoms with Gasteiger partial charge in [0.25, 0.3) is 0 Å². The molecule has 27 heavy (non-hydrogen) atoms. The fourth-order valence-corrected chi connectivity index (χ4v) is 3.35. The van der Waals surface area contributed by atoms with Crippen LogP contribution in [0.3, 0.4) is 0 Å². The van der Waals surface area contributed by atoms with Gasteiger partial charge >= 0.3 is 0 Å². The molecule has 1 aromatic carbocycles. The summed E-state index contributed by atoms with van der Waals surface area (Å²) >= 11 is 0. The van der Waals surface area contributed by atoms with Crippen LogP contribution in [0.25, 0.3) is 0 Å². The number of likely N-dealkylation sites (tertiary alicyclic amines) is 1. The molecule has 6 N–H and O–H groups in total. The van der Waals surface area contributed by atoms with Crippen molar-refractivity contribution in [1.82, 2.24) is 4.90 Å². The van der Waals surface area contributed by atoms with Gasteiger partial charge in [0.15, 0.2) is 11.7 Å². The topological polar surface area (TPSA) is 145 Å². The van der Waals surface area contributed by atoms with Crippen molar-refractivity contribution in [2.45, 2.75) is 37.8 Å². The first-order valence-electron chi connectivity index (χ1n) is 9.11. The van der Waals surface area contributed by atoms with Gasteiger partial charge in [-0.25, -0.2) is 0 Å². The van der Waals surface area contributed by atoms with Gasteiger partial charge < -0.3 is 26.9 Å². The Labute approximate surface area is 158 Å². The molecule has 1 aliphatic rings. The van der Waals surface area contributed by atoms with Crippen LogP contribution >= 0.6 is 0 Å². The molecule has 1 saturated heterocycles. The maximum atomic E-state index is 12.8. The molecular formula is C19H27N5O3. The van der Waals surface area contributed by atoms with E-state index in [1.807, 2.05) is 18.2 Å². The van der Waals surface area contributed by atoms with Crippen molar-refractivity contribution in [3.05, 3.63) is 35.9 Å². The van der Waals surface area contributed by atoms with Crippen LogP contribution in [0.15, 0.2) is 35.3 Å². The van der Waals surface area contributed by atoms with Crippen LogP contribution in [0.4, 0.5) is 0 Å². The average Bonchev–Trinajstić information content (AvgIpc) is 3.16. The number of carbonyl (C=O) groups is 3. The maximum Gasteiger partial charge on any atom is 0.244 e. The lowest BCUT2D eigenvalue weighted by atomic mass is 9.93. The number of hydrogen-bond donors (Lipinski definition) is 3. The highest BCUT2D eigenvalue weighted by Gasteiger charge is 2.38. The molecule has 0 bridgehead atoms. The summed E-state index contributed by atoms with van der Waals surface area (Å²) in [6.07, 6.45) is 2.77. The summed E-state index contributed by atoms with van der Waals surface area (Å²) in [4.78, 5) is 42.5. The number of nitrogens with zero attached hydrogens (tertiary/aromatic N) is 2. The van der Waals surface area contributed by atoms with Gasteiger partial charge in [-0.05, 0) is 31.2 Å². The molecule has 3 atom stereocenters. The molecule has 1 aliphatic heterocycles. The highest BCUT2D eigenvalue weighted by atomic mass is 16.2. The van der Waals surface area contributed by atoms with E-state index < -0.39 is 18.0 Å². The van der Waals surface area contributed by atoms with Crippen molar-refractivity contribution in [2.24, 2.45) is 28.1 Å². The third-order valence-electron chi connectivity index (χ3n) is 4.79. The van der Waals surface area contributed by atoms with Crippen LogP contribution in [-0.4, -0.2) is 48.0 Å². The number of benzene rings is 1. The number of ketones is 1. The zero-order valence-electron chi connectivity index (χ0n) is 15.3. The Balaban J connectivity index is 2.02. The molecule has 8 nitrogen and oxygen atoms in total. The van der Waals surface area contributed by atoms with E-state index in [2.05, 4.69) is 4.99 Å². The van der Waals surface area contributed by atoms with Gasteiger partial charge in [0.05, 0.1) is 12.0 Å². The number of guanidine groups is 1. The molecule has 146 valence electrons. The second-order valence-corrected chi connectivity index (χ2v) is 6.67. The van der Waals surface area contributed by atoms with Crippen LogP contribution in [-0.2, 0) is 14.4 Å². The standard InChI is InChI=1S/C19H27N5O3/c20-16(13-6-2-1-3-7-13)18(27)24-11-5-9-15(24)17(26)14(12-25)8-4-10-23-19(21)22/h1-3,6-7,12,14-16H,4-5,8-11,20H2,(H4,21,22,23)/t14-,15-,16+/m0/s1. The van der Waals surface area contributed by atoms with E-state index in [-0.39, 0.29) is 17.6 Å². The minimum absolute atomic E-state index is 0.0218. The number of amides is 1. The molecule has 8 heteroatoms. The van der Waals surface area contributed by atoms with Gasteiger partial charge in [-0.15, -0.1) is 0 Å². The fraction of sp³-hybridized carbons (Fsp3) is 0.474. The molecule has 0 unspecified atom stereocenters. The number of carbonyl (C=O) groups excluding carboxylic acids is 3. The summed E-state index contributed by atoms with van der Waals surface area (Å²) in [5.41, 5.74) is 17.3. The lowest BCUT2D eigenvalue weighted by Crippen LogP contribution is -2.46. The predicted molar refractivity (Wildman–Crippen MR) is 103 cm³/mol. The fourth-order valence-electron chi connectivity index (χ4n) is 3.35. The molecule has 2 rings (SSSR count). The van der Waals surface area contributed by atoms with Crippen LogP contribution in [0.2, 0.25) is 0 Å². The van der Waals surface area contributed by atoms with Crippen LogP contribution in [0.1, 0.15) is 37.3 Å². The summed E-state index contributed by atoms with van der Waals surface area (Å²) in [5.74, 6) is -1.32. The van der Waals surface area contributed by atoms with Gasteiger partial charge in [-0.1, -0.05) is 30.3 Å². The van der Waals surface area contributed by atoms with E-state index in [1.165, 1.54) is 4.90 Å². The van der Waals surface area contributed by atoms with Gasteiger partial charge in [0.1, 0.15) is 12.3 Å². The summed E-state index contributed by atoms with van der Waals surface area (Å²) < 4.78 is 0. The third-order valence-corrected chi connectivity index (χ3v) is 4.79. The minimum atomic E-state index is -0.823. The Morgan fingerprint density at radius 2 is 1.96 bits per heavy atom. The van der Waals surface area contributed by atoms with Crippen molar-refractivity contribution >= 4 is 23.9 Å². The van der Waals surface area contributed by atoms with E-state index in [0.717, 1.165) is 0 Å². The Hall–Kier alpha value is -2.74. The van der Waals surface area contributed by atoms with Crippen molar-refractivity contribution < 1.29 is 14.4 Å². The number of aldehydes is 1. The second kappa shape index (κ2) is 9.82. The molecule has 1 amide bonds. The van der Waals surface area contributed by atoms with Crippen molar-refractivity contribution in [1.29, 1.82) is 0 Å². The Bertz CT molecular complexity index is 688. The van der Waals surface area contributed by atoms with Gasteiger partial charge in [0.2, 0.25) is 5.91 Å². The molecule has 0 aliphatic carbocycles. The largest absolute Gasteiger partial charge is 0.370 e. The Kier molecular flexibility index (Phi) is 7.48. The van der Waals surface area contributed by atoms with Crippen LogP contribution in [0, 0.1) is 5.92 Å². The van der Waals surface area contributed by atoms with E-state index in [4.69, 9.17) is 17.2 Å². The zero-order chi connectivity index (χ0) is 19.8. The third kappa shape index (κ3) is 5.37. The molecule has 0 spiro atoms. The minimum Gasteiger partial charge on any atom is -0.370 e. The Morgan fingerprint density at radius 3 is 2.59 bits per heavy atom. The lowest BCUT2D eigenvalue weighted by Gasteiger charge is -2.28. The van der Waals surface area contributed by atoms with E-state index in [0.29, 0.717) is 50.6 Å². The maximum absolute atomic E-state index is 12.8. The van der Waals surface area contributed by atoms with E-state index in [9.17, 15) is 14.4 Å². The quantitative estimate of drug-likeness (QED) is 0.184. The monoisotopic (exact) mass is 373 g/mol. The summed E-state index contributed by atoms with van der Waals surface area (Å²) in [6, 6.07) is 7.62. The molecular weight excluding hydrogens is 346 g/mol. The predicted octanol–water partition coefficient (Wildman–Crippen LogP) is 0.115. The van der Waals surface area contributed by atoms with Gasteiger partial charge in [-0.2, -0.15) is 0 Å². The number of aliphatic imine (C=N–C) groups is 1. The molecule has 1 aromatic rings. The first-order valence-corrected chi connectivity index (χ1v) is 9.11. The Morgan fingerprint density at radius 1 is 1.26 bits per heavy atom. The lowest BCUT2D eigenvalue weighted by molar-refractivity contribution is -0.141. The summed E-state index contributed by atoms with van der Waals surface area (Å²) in [7, 11) is 0. The first kappa shape index (κ1) is 20.6. The highest BCUT2D eigenvalue weighted by molar-refractivity contribution is 5.99. The van der Waals surface area contributed by atoms with Crippen molar-refractivity contribution in [3.63, 3.8) is 0 Å². The smallest absolute Gasteiger partial charge is 0.244 e. The molecule has 1 fully saturated rings. The number of nitrogens with two attached hydrogens (primary N) is 3. The SMILES string of the molecule is NC(N)=NCCC[C@@H](C=O)C(=O)[C@@H]1CCCN1C(=O)[C@H](N)c1ccccc1. The van der Waals surface area contributed by atoms with Gasteiger partial charge in [-0.3, -0.25) is 14.6 Å².